The topological polar surface area (TPSA) is 88.5 Å². The van der Waals surface area contributed by atoms with Gasteiger partial charge in [-0.1, -0.05) is 42.5 Å². The summed E-state index contributed by atoms with van der Waals surface area (Å²) in [5.74, 6) is 0.595. The molecule has 0 fully saturated rings. The lowest BCUT2D eigenvalue weighted by atomic mass is 10.0. The van der Waals surface area contributed by atoms with Crippen LogP contribution in [0.25, 0.3) is 33.3 Å². The number of benzene rings is 2. The van der Waals surface area contributed by atoms with E-state index in [4.69, 9.17) is 8.83 Å². The summed E-state index contributed by atoms with van der Waals surface area (Å²) in [5, 5.41) is 15.1. The van der Waals surface area contributed by atoms with Crippen LogP contribution in [0, 0.1) is 13.8 Å². The van der Waals surface area contributed by atoms with Crippen molar-refractivity contribution in [2.45, 2.75) is 32.9 Å². The Morgan fingerprint density at radius 1 is 1.00 bits per heavy atom. The molecule has 172 valence electrons. The molecule has 2 N–H and O–H groups in total. The van der Waals surface area contributed by atoms with E-state index >= 15 is 0 Å². The molecule has 5 aromatic rings. The summed E-state index contributed by atoms with van der Waals surface area (Å²) in [6.45, 7) is 4.41. The van der Waals surface area contributed by atoms with Crippen LogP contribution in [0.15, 0.2) is 80.5 Å². The number of aliphatic hydroxyl groups is 1. The van der Waals surface area contributed by atoms with Gasteiger partial charge in [-0.2, -0.15) is 0 Å². The van der Waals surface area contributed by atoms with Crippen molar-refractivity contribution in [3.8, 4) is 11.3 Å². The molecule has 0 saturated heterocycles. The molecule has 1 atom stereocenters. The fourth-order valence-electron chi connectivity index (χ4n) is 4.30. The van der Waals surface area contributed by atoms with Gasteiger partial charge in [-0.15, -0.1) is 0 Å². The van der Waals surface area contributed by atoms with Crippen molar-refractivity contribution in [3.63, 3.8) is 0 Å². The van der Waals surface area contributed by atoms with Gasteiger partial charge < -0.3 is 19.3 Å². The minimum Gasteiger partial charge on any atom is -0.454 e. The van der Waals surface area contributed by atoms with Crippen LogP contribution in [0.4, 0.5) is 0 Å². The molecular formula is C28H26N2O4. The minimum absolute atomic E-state index is 0.0269. The number of pyridine rings is 1. The molecule has 0 unspecified atom stereocenters. The molecular weight excluding hydrogens is 428 g/mol. The molecule has 6 heteroatoms. The summed E-state index contributed by atoms with van der Waals surface area (Å²) >= 11 is 0. The van der Waals surface area contributed by atoms with Crippen molar-refractivity contribution >= 4 is 21.9 Å². The van der Waals surface area contributed by atoms with Gasteiger partial charge in [-0.05, 0) is 49.1 Å². The average Bonchev–Trinajstić information content (AvgIpc) is 3.29. The molecule has 34 heavy (non-hydrogen) atoms. The van der Waals surface area contributed by atoms with E-state index in [1.54, 1.807) is 0 Å². The van der Waals surface area contributed by atoms with Gasteiger partial charge in [0.05, 0.1) is 12.3 Å². The lowest BCUT2D eigenvalue weighted by molar-refractivity contribution is 0.241. The largest absolute Gasteiger partial charge is 0.454 e. The van der Waals surface area contributed by atoms with Crippen LogP contribution in [-0.2, 0) is 13.0 Å². The Kier molecular flexibility index (Phi) is 6.01. The number of aromatic nitrogens is 1. The second kappa shape index (κ2) is 9.25. The fraction of sp³-hybridized carbons (Fsp3) is 0.214. The highest BCUT2D eigenvalue weighted by molar-refractivity contribution is 5.95. The Morgan fingerprint density at radius 3 is 2.62 bits per heavy atom. The number of hydrogen-bond donors (Lipinski definition) is 2. The normalized spacial score (nSPS) is 12.4. The third-order valence-electron chi connectivity index (χ3n) is 6.11. The van der Waals surface area contributed by atoms with E-state index in [2.05, 4.69) is 22.4 Å². The van der Waals surface area contributed by atoms with Crippen LogP contribution in [0.5, 0.6) is 0 Å². The van der Waals surface area contributed by atoms with E-state index < -0.39 is 5.63 Å². The van der Waals surface area contributed by atoms with Crippen LogP contribution in [-0.4, -0.2) is 22.7 Å². The third-order valence-corrected chi connectivity index (χ3v) is 6.11. The Labute approximate surface area is 196 Å². The molecule has 0 amide bonds. The van der Waals surface area contributed by atoms with Crippen LogP contribution < -0.4 is 10.9 Å². The molecule has 3 heterocycles. The SMILES string of the molecule is Cc1ccc2c(-c3cc4c(CN[C@@H](CO)Cc5ccccc5)cnc(C)c4o3)cc(=O)oc2c1. The van der Waals surface area contributed by atoms with E-state index in [9.17, 15) is 9.90 Å². The van der Waals surface area contributed by atoms with E-state index in [1.807, 2.05) is 62.5 Å². The molecule has 0 aliphatic carbocycles. The maximum absolute atomic E-state index is 12.2. The molecule has 0 spiro atoms. The van der Waals surface area contributed by atoms with Crippen molar-refractivity contribution in [2.24, 2.45) is 0 Å². The highest BCUT2D eigenvalue weighted by atomic mass is 16.4. The molecule has 0 saturated carbocycles. The molecule has 0 aliphatic heterocycles. The number of nitrogens with one attached hydrogen (secondary N) is 1. The summed E-state index contributed by atoms with van der Waals surface area (Å²) in [6.07, 6.45) is 2.56. The van der Waals surface area contributed by atoms with Gasteiger partial charge in [0.25, 0.3) is 0 Å². The second-order valence-electron chi connectivity index (χ2n) is 8.65. The zero-order valence-electron chi connectivity index (χ0n) is 19.2. The first-order valence-corrected chi connectivity index (χ1v) is 11.3. The second-order valence-corrected chi connectivity index (χ2v) is 8.65. The molecule has 2 aromatic carbocycles. The van der Waals surface area contributed by atoms with Crippen molar-refractivity contribution in [1.29, 1.82) is 0 Å². The lowest BCUT2D eigenvalue weighted by Gasteiger charge is -2.16. The van der Waals surface area contributed by atoms with Gasteiger partial charge in [-0.3, -0.25) is 4.98 Å². The number of rotatable bonds is 7. The summed E-state index contributed by atoms with van der Waals surface area (Å²) in [5.41, 5.74) is 5.41. The van der Waals surface area contributed by atoms with Gasteiger partial charge in [0, 0.05) is 41.2 Å². The molecule has 6 nitrogen and oxygen atoms in total. The van der Waals surface area contributed by atoms with Crippen LogP contribution in [0.3, 0.4) is 0 Å². The monoisotopic (exact) mass is 454 g/mol. The van der Waals surface area contributed by atoms with Crippen molar-refractivity contribution in [2.75, 3.05) is 6.61 Å². The highest BCUT2D eigenvalue weighted by Crippen LogP contribution is 2.34. The number of hydrogen-bond acceptors (Lipinski definition) is 6. The summed E-state index contributed by atoms with van der Waals surface area (Å²) in [4.78, 5) is 16.8. The van der Waals surface area contributed by atoms with E-state index in [0.717, 1.165) is 39.6 Å². The Bertz CT molecular complexity index is 1520. The third kappa shape index (κ3) is 4.38. The highest BCUT2D eigenvalue weighted by Gasteiger charge is 2.17. The lowest BCUT2D eigenvalue weighted by Crippen LogP contribution is -2.34. The molecule has 5 rings (SSSR count). The number of fused-ring (bicyclic) bond motifs is 2. The molecule has 0 radical (unpaired) electrons. The number of nitrogens with zero attached hydrogens (tertiary/aromatic N) is 1. The fourth-order valence-corrected chi connectivity index (χ4v) is 4.30. The van der Waals surface area contributed by atoms with Crippen molar-refractivity contribution in [1.82, 2.24) is 10.3 Å². The summed E-state index contributed by atoms with van der Waals surface area (Å²) in [6, 6.07) is 19.2. The number of furan rings is 1. The van der Waals surface area contributed by atoms with E-state index in [0.29, 0.717) is 29.0 Å². The molecule has 3 aromatic heterocycles. The number of aryl methyl sites for hydroxylation is 2. The maximum atomic E-state index is 12.2. The van der Waals surface area contributed by atoms with Gasteiger partial charge >= 0.3 is 5.63 Å². The first-order chi connectivity index (χ1) is 16.5. The standard InChI is InChI=1S/C28H26N2O4/c1-17-8-9-22-24(13-27(32)33-25(22)10-17)26-12-23-20(14-29-18(2)28(23)34-26)15-30-21(16-31)11-19-6-4-3-5-7-19/h3-10,12-14,21,30-31H,11,15-16H2,1-2H3/t21-/m1/s1. The quantitative estimate of drug-likeness (QED) is 0.340. The summed E-state index contributed by atoms with van der Waals surface area (Å²) in [7, 11) is 0. The van der Waals surface area contributed by atoms with Crippen LogP contribution in [0.2, 0.25) is 0 Å². The van der Waals surface area contributed by atoms with Gasteiger partial charge in [0.2, 0.25) is 0 Å². The molecule has 0 aliphatic rings. The maximum Gasteiger partial charge on any atom is 0.336 e. The first kappa shape index (κ1) is 22.1. The first-order valence-electron chi connectivity index (χ1n) is 11.3. The Hall–Kier alpha value is -3.74. The summed E-state index contributed by atoms with van der Waals surface area (Å²) < 4.78 is 11.6. The predicted molar refractivity (Wildman–Crippen MR) is 133 cm³/mol. The predicted octanol–water partition coefficient (Wildman–Crippen LogP) is 4.91. The number of aliphatic hydroxyl groups excluding tert-OH is 1. The zero-order valence-corrected chi connectivity index (χ0v) is 19.2. The van der Waals surface area contributed by atoms with Crippen molar-refractivity contribution in [3.05, 3.63) is 99.7 Å². The van der Waals surface area contributed by atoms with Crippen LogP contribution in [0.1, 0.15) is 22.4 Å². The van der Waals surface area contributed by atoms with Gasteiger partial charge in [0.1, 0.15) is 11.3 Å². The van der Waals surface area contributed by atoms with E-state index in [1.165, 1.54) is 6.07 Å². The Morgan fingerprint density at radius 2 is 1.82 bits per heavy atom. The van der Waals surface area contributed by atoms with Crippen molar-refractivity contribution < 1.29 is 13.9 Å². The zero-order chi connectivity index (χ0) is 23.7. The van der Waals surface area contributed by atoms with E-state index in [-0.39, 0.29) is 12.6 Å². The minimum atomic E-state index is -0.419. The van der Waals surface area contributed by atoms with Crippen LogP contribution >= 0.6 is 0 Å². The molecule has 0 bridgehead atoms. The smallest absolute Gasteiger partial charge is 0.336 e. The Balaban J connectivity index is 1.49. The van der Waals surface area contributed by atoms with Gasteiger partial charge in [0.15, 0.2) is 5.58 Å². The average molecular weight is 455 g/mol. The van der Waals surface area contributed by atoms with Gasteiger partial charge in [-0.25, -0.2) is 4.79 Å².